The maximum Gasteiger partial charge on any atom is 0.269 e. The number of Topliss-reactive ketones (excluding diaryl/α,β-unsaturated/α-hetero) is 1. The summed E-state index contributed by atoms with van der Waals surface area (Å²) in [6.07, 6.45) is 2.29. The Kier molecular flexibility index (Phi) is 5.07. The van der Waals surface area contributed by atoms with Crippen molar-refractivity contribution in [2.45, 2.75) is 26.7 Å². The van der Waals surface area contributed by atoms with Gasteiger partial charge in [-0.15, -0.1) is 0 Å². The van der Waals surface area contributed by atoms with E-state index in [1.54, 1.807) is 12.1 Å². The van der Waals surface area contributed by atoms with Gasteiger partial charge in [0, 0.05) is 17.7 Å². The number of nitro benzene ring substituents is 1. The number of hydrogen-bond donors (Lipinski definition) is 0. The topological polar surface area (TPSA) is 63.5 Å². The normalized spacial score (nSPS) is 17.1. The van der Waals surface area contributed by atoms with Gasteiger partial charge in [0.1, 0.15) is 0 Å². The van der Waals surface area contributed by atoms with Crippen LogP contribution in [0.5, 0.6) is 0 Å². The molecular weight excluding hydrogens is 268 g/mol. The van der Waals surface area contributed by atoms with E-state index < -0.39 is 4.92 Å². The van der Waals surface area contributed by atoms with Crippen LogP contribution in [0.4, 0.5) is 5.69 Å². The minimum atomic E-state index is -0.453. The van der Waals surface area contributed by atoms with E-state index in [1.807, 2.05) is 0 Å². The zero-order chi connectivity index (χ0) is 15.4. The fourth-order valence-electron chi connectivity index (χ4n) is 2.84. The molecule has 1 aromatic carbocycles. The number of hydrogen-bond acceptors (Lipinski definition) is 4. The Hall–Kier alpha value is -1.75. The summed E-state index contributed by atoms with van der Waals surface area (Å²) in [4.78, 5) is 24.5. The van der Waals surface area contributed by atoms with Crippen molar-refractivity contribution in [1.29, 1.82) is 0 Å². The maximum atomic E-state index is 12.2. The number of nitrogens with zero attached hydrogens (tertiary/aromatic N) is 2. The van der Waals surface area contributed by atoms with Crippen LogP contribution in [0.3, 0.4) is 0 Å². The van der Waals surface area contributed by atoms with E-state index in [4.69, 9.17) is 0 Å². The molecule has 0 atom stereocenters. The Balaban J connectivity index is 1.89. The highest BCUT2D eigenvalue weighted by Gasteiger charge is 2.23. The molecule has 0 amide bonds. The lowest BCUT2D eigenvalue weighted by Crippen LogP contribution is -2.38. The minimum absolute atomic E-state index is 0.0179. The van der Waals surface area contributed by atoms with Gasteiger partial charge in [0.25, 0.3) is 5.69 Å². The van der Waals surface area contributed by atoms with Crippen molar-refractivity contribution in [2.24, 2.45) is 11.8 Å². The third-order valence-corrected chi connectivity index (χ3v) is 4.34. The predicted molar refractivity (Wildman–Crippen MR) is 81.4 cm³/mol. The van der Waals surface area contributed by atoms with Crippen LogP contribution in [0.15, 0.2) is 24.3 Å². The Morgan fingerprint density at radius 3 is 2.33 bits per heavy atom. The summed E-state index contributed by atoms with van der Waals surface area (Å²) in [5.41, 5.74) is 0.566. The smallest absolute Gasteiger partial charge is 0.269 e. The fourth-order valence-corrected chi connectivity index (χ4v) is 2.84. The second kappa shape index (κ2) is 6.80. The van der Waals surface area contributed by atoms with Crippen LogP contribution in [0, 0.1) is 22.0 Å². The van der Waals surface area contributed by atoms with E-state index in [1.165, 1.54) is 12.1 Å². The van der Waals surface area contributed by atoms with E-state index in [9.17, 15) is 14.9 Å². The van der Waals surface area contributed by atoms with Crippen LogP contribution < -0.4 is 0 Å². The summed E-state index contributed by atoms with van der Waals surface area (Å²) in [5, 5.41) is 10.6. The first kappa shape index (κ1) is 15.6. The fraction of sp³-hybridized carbons (Fsp3) is 0.562. The summed E-state index contributed by atoms with van der Waals surface area (Å²) in [6, 6.07) is 5.86. The largest absolute Gasteiger partial charge is 0.296 e. The molecule has 1 aromatic rings. The van der Waals surface area contributed by atoms with Gasteiger partial charge in [0.05, 0.1) is 11.5 Å². The SMILES string of the molecule is CC(C)C1CCN(CC(=O)c2ccc([N+](=O)[O-])cc2)CC1. The molecule has 0 unspecified atom stereocenters. The van der Waals surface area contributed by atoms with Crippen LogP contribution in [-0.4, -0.2) is 35.2 Å². The molecular formula is C16H22N2O3. The number of non-ortho nitro benzene ring substituents is 1. The molecule has 5 heteroatoms. The van der Waals surface area contributed by atoms with Gasteiger partial charge >= 0.3 is 0 Å². The zero-order valence-corrected chi connectivity index (χ0v) is 12.6. The molecule has 0 bridgehead atoms. The van der Waals surface area contributed by atoms with E-state index >= 15 is 0 Å². The van der Waals surface area contributed by atoms with Crippen molar-refractivity contribution in [1.82, 2.24) is 4.90 Å². The van der Waals surface area contributed by atoms with Gasteiger partial charge in [-0.1, -0.05) is 13.8 Å². The number of benzene rings is 1. The predicted octanol–water partition coefficient (Wildman–Crippen LogP) is 3.15. The van der Waals surface area contributed by atoms with Gasteiger partial charge in [-0.25, -0.2) is 0 Å². The van der Waals surface area contributed by atoms with Gasteiger partial charge in [0.15, 0.2) is 5.78 Å². The van der Waals surface area contributed by atoms with E-state index in [0.29, 0.717) is 18.0 Å². The molecule has 1 aliphatic heterocycles. The maximum absolute atomic E-state index is 12.2. The van der Waals surface area contributed by atoms with E-state index in [0.717, 1.165) is 31.8 Å². The molecule has 0 saturated carbocycles. The van der Waals surface area contributed by atoms with Crippen molar-refractivity contribution < 1.29 is 9.72 Å². The highest BCUT2D eigenvalue weighted by Crippen LogP contribution is 2.24. The number of ketones is 1. The second-order valence-corrected chi connectivity index (χ2v) is 6.08. The quantitative estimate of drug-likeness (QED) is 0.475. The van der Waals surface area contributed by atoms with Crippen LogP contribution in [-0.2, 0) is 0 Å². The Morgan fingerprint density at radius 1 is 1.29 bits per heavy atom. The minimum Gasteiger partial charge on any atom is -0.296 e. The van der Waals surface area contributed by atoms with Gasteiger partial charge < -0.3 is 0 Å². The molecule has 0 aliphatic carbocycles. The van der Waals surface area contributed by atoms with Crippen LogP contribution >= 0.6 is 0 Å². The average Bonchev–Trinajstić information content (AvgIpc) is 2.47. The van der Waals surface area contributed by atoms with Crippen LogP contribution in [0.25, 0.3) is 0 Å². The average molecular weight is 290 g/mol. The summed E-state index contributed by atoms with van der Waals surface area (Å²) in [6.45, 7) is 6.83. The summed E-state index contributed by atoms with van der Waals surface area (Å²) < 4.78 is 0. The summed E-state index contributed by atoms with van der Waals surface area (Å²) >= 11 is 0. The molecule has 0 spiro atoms. The number of likely N-dealkylation sites (tertiary alicyclic amines) is 1. The highest BCUT2D eigenvalue weighted by atomic mass is 16.6. The number of rotatable bonds is 5. The van der Waals surface area contributed by atoms with Crippen molar-refractivity contribution in [3.8, 4) is 0 Å². The summed E-state index contributed by atoms with van der Waals surface area (Å²) in [7, 11) is 0. The van der Waals surface area contributed by atoms with Crippen LogP contribution in [0.2, 0.25) is 0 Å². The Morgan fingerprint density at radius 2 is 1.86 bits per heavy atom. The standard InChI is InChI=1S/C16H22N2O3/c1-12(2)13-7-9-17(10-8-13)11-16(19)14-3-5-15(6-4-14)18(20)21/h3-6,12-13H,7-11H2,1-2H3. The number of piperidine rings is 1. The number of carbonyl (C=O) groups excluding carboxylic acids is 1. The van der Waals surface area contributed by atoms with Crippen molar-refractivity contribution in [3.63, 3.8) is 0 Å². The molecule has 1 fully saturated rings. The lowest BCUT2D eigenvalue weighted by Gasteiger charge is -2.33. The first-order chi connectivity index (χ1) is 9.97. The van der Waals surface area contributed by atoms with E-state index in [-0.39, 0.29) is 11.5 Å². The Bertz CT molecular complexity index is 503. The molecule has 1 heterocycles. The number of carbonyl (C=O) groups is 1. The first-order valence-electron chi connectivity index (χ1n) is 7.47. The van der Waals surface area contributed by atoms with E-state index in [2.05, 4.69) is 18.7 Å². The zero-order valence-electron chi connectivity index (χ0n) is 12.6. The van der Waals surface area contributed by atoms with Crippen LogP contribution in [0.1, 0.15) is 37.0 Å². The monoisotopic (exact) mass is 290 g/mol. The molecule has 1 aliphatic rings. The highest BCUT2D eigenvalue weighted by molar-refractivity contribution is 5.97. The third kappa shape index (κ3) is 4.11. The van der Waals surface area contributed by atoms with Crippen molar-refractivity contribution in [2.75, 3.05) is 19.6 Å². The van der Waals surface area contributed by atoms with Gasteiger partial charge in [0.2, 0.25) is 0 Å². The van der Waals surface area contributed by atoms with Gasteiger partial charge in [-0.2, -0.15) is 0 Å². The van der Waals surface area contributed by atoms with Gasteiger partial charge in [-0.05, 0) is 49.9 Å². The number of nitro groups is 1. The lowest BCUT2D eigenvalue weighted by atomic mass is 9.86. The van der Waals surface area contributed by atoms with Gasteiger partial charge in [-0.3, -0.25) is 19.8 Å². The first-order valence-corrected chi connectivity index (χ1v) is 7.47. The van der Waals surface area contributed by atoms with Crippen molar-refractivity contribution in [3.05, 3.63) is 39.9 Å². The summed E-state index contributed by atoms with van der Waals surface area (Å²) in [5.74, 6) is 1.50. The molecule has 114 valence electrons. The Labute approximate surface area is 125 Å². The lowest BCUT2D eigenvalue weighted by molar-refractivity contribution is -0.384. The molecule has 2 rings (SSSR count). The molecule has 0 radical (unpaired) electrons. The third-order valence-electron chi connectivity index (χ3n) is 4.34. The molecule has 21 heavy (non-hydrogen) atoms. The molecule has 1 saturated heterocycles. The molecule has 5 nitrogen and oxygen atoms in total. The van der Waals surface area contributed by atoms with Crippen molar-refractivity contribution >= 4 is 11.5 Å². The molecule has 0 aromatic heterocycles. The molecule has 0 N–H and O–H groups in total. The second-order valence-electron chi connectivity index (χ2n) is 6.08.